The molecule has 1 amide bonds. The Morgan fingerprint density at radius 1 is 1.44 bits per heavy atom. The average molecular weight is 277 g/mol. The van der Waals surface area contributed by atoms with Crippen molar-refractivity contribution in [2.24, 2.45) is 11.8 Å². The Labute approximate surface area is 116 Å². The molecule has 0 saturated carbocycles. The van der Waals surface area contributed by atoms with Gasteiger partial charge < -0.3 is 15.0 Å². The highest BCUT2D eigenvalue weighted by Crippen LogP contribution is 2.25. The van der Waals surface area contributed by atoms with Crippen molar-refractivity contribution in [2.75, 3.05) is 26.2 Å². The topological polar surface area (TPSA) is 41.6 Å². The van der Waals surface area contributed by atoms with Crippen LogP contribution in [0.3, 0.4) is 0 Å². The van der Waals surface area contributed by atoms with E-state index in [0.29, 0.717) is 18.4 Å². The molecular formula is C13H25ClN2O2. The van der Waals surface area contributed by atoms with Gasteiger partial charge in [-0.1, -0.05) is 6.92 Å². The van der Waals surface area contributed by atoms with Crippen molar-refractivity contribution < 1.29 is 9.53 Å². The Kier molecular flexibility index (Phi) is 5.04. The molecule has 2 atom stereocenters. The number of halogens is 1. The third-order valence-electron chi connectivity index (χ3n) is 3.79. The van der Waals surface area contributed by atoms with Crippen LogP contribution in [-0.2, 0) is 9.53 Å². The highest BCUT2D eigenvalue weighted by molar-refractivity contribution is 5.85. The first-order valence-electron chi connectivity index (χ1n) is 6.56. The maximum absolute atomic E-state index is 12.4. The van der Waals surface area contributed by atoms with Gasteiger partial charge in [-0.25, -0.2) is 0 Å². The molecule has 0 aromatic heterocycles. The van der Waals surface area contributed by atoms with Crippen LogP contribution in [0.2, 0.25) is 0 Å². The van der Waals surface area contributed by atoms with Crippen LogP contribution < -0.4 is 5.32 Å². The quantitative estimate of drug-likeness (QED) is 0.826. The molecule has 106 valence electrons. The van der Waals surface area contributed by atoms with Gasteiger partial charge in [0.05, 0.1) is 11.7 Å². The lowest BCUT2D eigenvalue weighted by atomic mass is 9.87. The van der Waals surface area contributed by atoms with E-state index < -0.39 is 0 Å². The molecule has 0 aromatic carbocycles. The minimum atomic E-state index is -0.217. The average Bonchev–Trinajstić information content (AvgIpc) is 2.10. The summed E-state index contributed by atoms with van der Waals surface area (Å²) in [6, 6.07) is 0. The Balaban J connectivity index is 0.00000162. The van der Waals surface area contributed by atoms with E-state index in [4.69, 9.17) is 4.74 Å². The molecule has 1 N–H and O–H groups in total. The summed E-state index contributed by atoms with van der Waals surface area (Å²) in [5.41, 5.74) is -0.217. The summed E-state index contributed by atoms with van der Waals surface area (Å²) in [7, 11) is 0. The highest BCUT2D eigenvalue weighted by Gasteiger charge is 2.37. The summed E-state index contributed by atoms with van der Waals surface area (Å²) < 4.78 is 5.83. The van der Waals surface area contributed by atoms with Gasteiger partial charge in [-0.15, -0.1) is 12.4 Å². The molecule has 0 spiro atoms. The number of carbonyl (C=O) groups is 1. The smallest absolute Gasteiger partial charge is 0.225 e. The number of nitrogens with one attached hydrogen (secondary N) is 1. The molecule has 5 heteroatoms. The van der Waals surface area contributed by atoms with E-state index in [-0.39, 0.29) is 30.0 Å². The van der Waals surface area contributed by atoms with Crippen molar-refractivity contribution in [3.05, 3.63) is 0 Å². The zero-order valence-corrected chi connectivity index (χ0v) is 12.5. The number of rotatable bonds is 2. The number of hydrogen-bond acceptors (Lipinski definition) is 3. The maximum Gasteiger partial charge on any atom is 0.225 e. The van der Waals surface area contributed by atoms with E-state index in [1.54, 1.807) is 0 Å². The zero-order chi connectivity index (χ0) is 12.6. The van der Waals surface area contributed by atoms with E-state index in [1.807, 2.05) is 11.8 Å². The molecule has 0 bridgehead atoms. The third kappa shape index (κ3) is 3.37. The van der Waals surface area contributed by atoms with Crippen molar-refractivity contribution >= 4 is 18.3 Å². The Morgan fingerprint density at radius 2 is 2.06 bits per heavy atom. The fraction of sp³-hybridized carbons (Fsp3) is 0.923. The van der Waals surface area contributed by atoms with Gasteiger partial charge in [-0.05, 0) is 39.8 Å². The molecule has 2 rings (SSSR count). The van der Waals surface area contributed by atoms with E-state index in [9.17, 15) is 4.79 Å². The van der Waals surface area contributed by atoms with Crippen LogP contribution >= 0.6 is 12.4 Å². The molecular weight excluding hydrogens is 252 g/mol. The van der Waals surface area contributed by atoms with Crippen molar-refractivity contribution in [2.45, 2.75) is 39.4 Å². The summed E-state index contributed by atoms with van der Waals surface area (Å²) >= 11 is 0. The van der Waals surface area contributed by atoms with Crippen LogP contribution in [0.15, 0.2) is 0 Å². The minimum absolute atomic E-state index is 0. The second kappa shape index (κ2) is 5.76. The van der Waals surface area contributed by atoms with Crippen molar-refractivity contribution in [1.29, 1.82) is 0 Å². The number of morpholine rings is 1. The van der Waals surface area contributed by atoms with Crippen molar-refractivity contribution in [3.63, 3.8) is 0 Å². The monoisotopic (exact) mass is 276 g/mol. The number of carbonyl (C=O) groups excluding carboxylic acids is 1. The molecule has 4 nitrogen and oxygen atoms in total. The van der Waals surface area contributed by atoms with Crippen LogP contribution in [0, 0.1) is 11.8 Å². The van der Waals surface area contributed by atoms with Gasteiger partial charge in [0.2, 0.25) is 5.91 Å². The van der Waals surface area contributed by atoms with Crippen molar-refractivity contribution in [1.82, 2.24) is 10.2 Å². The number of nitrogens with zero attached hydrogens (tertiary/aromatic N) is 1. The predicted molar refractivity (Wildman–Crippen MR) is 74.0 cm³/mol. The van der Waals surface area contributed by atoms with E-state index in [1.165, 1.54) is 0 Å². The lowest BCUT2D eigenvalue weighted by Crippen LogP contribution is -2.57. The van der Waals surface area contributed by atoms with Gasteiger partial charge >= 0.3 is 0 Å². The van der Waals surface area contributed by atoms with E-state index in [0.717, 1.165) is 19.6 Å². The minimum Gasteiger partial charge on any atom is -0.369 e. The third-order valence-corrected chi connectivity index (χ3v) is 3.79. The van der Waals surface area contributed by atoms with Crippen LogP contribution in [0.4, 0.5) is 0 Å². The molecule has 2 saturated heterocycles. The zero-order valence-electron chi connectivity index (χ0n) is 11.7. The lowest BCUT2D eigenvalue weighted by Gasteiger charge is -2.44. The first-order chi connectivity index (χ1) is 7.89. The van der Waals surface area contributed by atoms with Crippen molar-refractivity contribution in [3.8, 4) is 0 Å². The van der Waals surface area contributed by atoms with Crippen LogP contribution in [0.5, 0.6) is 0 Å². The fourth-order valence-electron chi connectivity index (χ4n) is 2.78. The Hall–Kier alpha value is -0.320. The van der Waals surface area contributed by atoms with Gasteiger partial charge in [0.15, 0.2) is 0 Å². The number of amides is 1. The van der Waals surface area contributed by atoms with Crippen LogP contribution in [0.1, 0.15) is 27.7 Å². The first-order valence-corrected chi connectivity index (χ1v) is 6.56. The standard InChI is InChI=1S/C13H24N2O2.ClH/c1-9-7-15(8-13(3,4)17-9)12(16)10(2)11-5-14-6-11;/h9-11,14H,5-8H2,1-4H3;1H. The maximum atomic E-state index is 12.4. The van der Waals surface area contributed by atoms with E-state index in [2.05, 4.69) is 26.1 Å². The highest BCUT2D eigenvalue weighted by atomic mass is 35.5. The molecule has 2 heterocycles. The molecule has 0 radical (unpaired) electrons. The van der Waals surface area contributed by atoms with Crippen LogP contribution in [-0.4, -0.2) is 48.7 Å². The second-order valence-electron chi connectivity index (χ2n) is 6.11. The first kappa shape index (κ1) is 15.7. The largest absolute Gasteiger partial charge is 0.369 e. The summed E-state index contributed by atoms with van der Waals surface area (Å²) in [5.74, 6) is 0.945. The summed E-state index contributed by atoms with van der Waals surface area (Å²) in [4.78, 5) is 14.4. The summed E-state index contributed by atoms with van der Waals surface area (Å²) in [5, 5.41) is 3.23. The Morgan fingerprint density at radius 3 is 2.50 bits per heavy atom. The van der Waals surface area contributed by atoms with Gasteiger partial charge in [-0.2, -0.15) is 0 Å². The number of ether oxygens (including phenoxy) is 1. The fourth-order valence-corrected chi connectivity index (χ4v) is 2.78. The molecule has 18 heavy (non-hydrogen) atoms. The normalized spacial score (nSPS) is 29.1. The molecule has 2 unspecified atom stereocenters. The van der Waals surface area contributed by atoms with Gasteiger partial charge in [0.1, 0.15) is 0 Å². The van der Waals surface area contributed by atoms with Gasteiger partial charge in [-0.3, -0.25) is 4.79 Å². The molecule has 2 fully saturated rings. The number of hydrogen-bond donors (Lipinski definition) is 1. The molecule has 2 aliphatic heterocycles. The predicted octanol–water partition coefficient (Wildman–Crippen LogP) is 1.29. The SMILES string of the molecule is CC1CN(C(=O)C(C)C2CNC2)CC(C)(C)O1.Cl. The van der Waals surface area contributed by atoms with Crippen LogP contribution in [0.25, 0.3) is 0 Å². The molecule has 0 aliphatic carbocycles. The Bertz CT molecular complexity index is 305. The lowest BCUT2D eigenvalue weighted by molar-refractivity contribution is -0.163. The van der Waals surface area contributed by atoms with Gasteiger partial charge in [0.25, 0.3) is 0 Å². The molecule has 2 aliphatic rings. The second-order valence-corrected chi connectivity index (χ2v) is 6.11. The van der Waals surface area contributed by atoms with Gasteiger partial charge in [0, 0.05) is 19.0 Å². The van der Waals surface area contributed by atoms with E-state index >= 15 is 0 Å². The summed E-state index contributed by atoms with van der Waals surface area (Å²) in [6.07, 6.45) is 0.134. The molecule has 0 aromatic rings. The summed E-state index contributed by atoms with van der Waals surface area (Å²) in [6.45, 7) is 11.6.